The summed E-state index contributed by atoms with van der Waals surface area (Å²) in [7, 11) is 0. The first kappa shape index (κ1) is 19.1. The molecule has 27 heavy (non-hydrogen) atoms. The van der Waals surface area contributed by atoms with Gasteiger partial charge in [-0.1, -0.05) is 37.5 Å². The maximum atomic E-state index is 12.2. The quantitative estimate of drug-likeness (QED) is 0.757. The maximum absolute atomic E-state index is 12.2. The van der Waals surface area contributed by atoms with Gasteiger partial charge in [0.05, 0.1) is 17.5 Å². The molecule has 0 aliphatic heterocycles. The molecule has 144 valence electrons. The number of ether oxygens (including phenoxy) is 1. The highest BCUT2D eigenvalue weighted by atomic mass is 16.5. The van der Waals surface area contributed by atoms with Crippen molar-refractivity contribution in [2.45, 2.75) is 51.6 Å². The Morgan fingerprint density at radius 2 is 1.93 bits per heavy atom. The number of aromatic amines is 1. The third-order valence-electron chi connectivity index (χ3n) is 5.05. The largest absolute Gasteiger partial charge is 0.452 e. The van der Waals surface area contributed by atoms with Crippen molar-refractivity contribution < 1.29 is 14.3 Å². The first-order valence-electron chi connectivity index (χ1n) is 9.48. The van der Waals surface area contributed by atoms with Gasteiger partial charge in [0.25, 0.3) is 11.5 Å². The van der Waals surface area contributed by atoms with Gasteiger partial charge in [-0.15, -0.1) is 0 Å². The number of esters is 1. The molecule has 0 radical (unpaired) electrons. The Kier molecular flexibility index (Phi) is 6.21. The Hall–Kier alpha value is -2.70. The minimum Gasteiger partial charge on any atom is -0.452 e. The van der Waals surface area contributed by atoms with Crippen molar-refractivity contribution in [3.63, 3.8) is 0 Å². The van der Waals surface area contributed by atoms with Crippen LogP contribution in [0.3, 0.4) is 0 Å². The van der Waals surface area contributed by atoms with Crippen LogP contribution >= 0.6 is 0 Å². The highest BCUT2D eigenvalue weighted by Crippen LogP contribution is 2.22. The fourth-order valence-corrected chi connectivity index (χ4v) is 3.52. The lowest BCUT2D eigenvalue weighted by atomic mass is 9.89. The standard InChI is InChI=1S/C20H25N3O4/c1-13(19(25)21-12-14-7-3-2-4-8-14)27-18(24)11-17-15-9-5-6-10-16(15)20(26)23-22-17/h5-6,9-10,13-14H,2-4,7-8,11-12H2,1H3,(H,21,25)(H,23,26)/t13-/m0/s1. The molecule has 0 bridgehead atoms. The molecule has 7 nitrogen and oxygen atoms in total. The van der Waals surface area contributed by atoms with Crippen molar-refractivity contribution in [3.05, 3.63) is 40.3 Å². The van der Waals surface area contributed by atoms with E-state index in [-0.39, 0.29) is 17.9 Å². The minimum absolute atomic E-state index is 0.114. The molecular formula is C20H25N3O4. The van der Waals surface area contributed by atoms with Crippen LogP contribution in [0.4, 0.5) is 0 Å². The van der Waals surface area contributed by atoms with E-state index in [1.54, 1.807) is 31.2 Å². The van der Waals surface area contributed by atoms with E-state index in [4.69, 9.17) is 4.74 Å². The van der Waals surface area contributed by atoms with Crippen LogP contribution in [0, 0.1) is 5.92 Å². The normalized spacial score (nSPS) is 16.0. The lowest BCUT2D eigenvalue weighted by molar-refractivity contribution is -0.154. The minimum atomic E-state index is -0.866. The fraction of sp³-hybridized carbons (Fsp3) is 0.500. The number of carbonyl (C=O) groups is 2. The number of aromatic nitrogens is 2. The van der Waals surface area contributed by atoms with E-state index in [0.29, 0.717) is 28.9 Å². The molecule has 2 N–H and O–H groups in total. The molecule has 7 heteroatoms. The lowest BCUT2D eigenvalue weighted by Crippen LogP contribution is -2.39. The summed E-state index contributed by atoms with van der Waals surface area (Å²) in [4.78, 5) is 36.2. The predicted octanol–water partition coefficient (Wildman–Crippen LogP) is 2.09. The van der Waals surface area contributed by atoms with E-state index in [9.17, 15) is 14.4 Å². The van der Waals surface area contributed by atoms with Gasteiger partial charge in [0.1, 0.15) is 0 Å². The summed E-state index contributed by atoms with van der Waals surface area (Å²) in [5.41, 5.74) is 0.114. The molecular weight excluding hydrogens is 346 g/mol. The zero-order valence-electron chi connectivity index (χ0n) is 15.5. The Morgan fingerprint density at radius 1 is 1.22 bits per heavy atom. The lowest BCUT2D eigenvalue weighted by Gasteiger charge is -2.22. The zero-order chi connectivity index (χ0) is 19.2. The number of carbonyl (C=O) groups excluding carboxylic acids is 2. The predicted molar refractivity (Wildman–Crippen MR) is 101 cm³/mol. The summed E-state index contributed by atoms with van der Waals surface area (Å²) in [5, 5.41) is 10.3. The second kappa shape index (κ2) is 8.79. The van der Waals surface area contributed by atoms with Gasteiger partial charge in [-0.2, -0.15) is 5.10 Å². The molecule has 1 heterocycles. The number of nitrogens with one attached hydrogen (secondary N) is 2. The molecule has 1 atom stereocenters. The maximum Gasteiger partial charge on any atom is 0.312 e. The Labute approximate surface area is 157 Å². The average molecular weight is 371 g/mol. The molecule has 1 aromatic carbocycles. The van der Waals surface area contributed by atoms with Crippen LogP contribution in [0.25, 0.3) is 10.8 Å². The van der Waals surface area contributed by atoms with Crippen LogP contribution in [-0.4, -0.2) is 34.7 Å². The fourth-order valence-electron chi connectivity index (χ4n) is 3.52. The number of H-pyrrole nitrogens is 1. The van der Waals surface area contributed by atoms with Crippen molar-refractivity contribution in [3.8, 4) is 0 Å². The third-order valence-corrected chi connectivity index (χ3v) is 5.05. The molecule has 2 aromatic rings. The van der Waals surface area contributed by atoms with Crippen molar-refractivity contribution in [1.29, 1.82) is 0 Å². The van der Waals surface area contributed by atoms with Crippen LogP contribution in [0.1, 0.15) is 44.7 Å². The number of benzene rings is 1. The first-order valence-corrected chi connectivity index (χ1v) is 9.48. The van der Waals surface area contributed by atoms with E-state index < -0.39 is 12.1 Å². The highest BCUT2D eigenvalue weighted by Gasteiger charge is 2.21. The van der Waals surface area contributed by atoms with E-state index in [1.165, 1.54) is 19.3 Å². The second-order valence-electron chi connectivity index (χ2n) is 7.10. The Morgan fingerprint density at radius 3 is 2.67 bits per heavy atom. The van der Waals surface area contributed by atoms with E-state index >= 15 is 0 Å². The molecule has 3 rings (SSSR count). The van der Waals surface area contributed by atoms with Crippen LogP contribution in [0.15, 0.2) is 29.1 Å². The zero-order valence-corrected chi connectivity index (χ0v) is 15.5. The van der Waals surface area contributed by atoms with E-state index in [2.05, 4.69) is 15.5 Å². The second-order valence-corrected chi connectivity index (χ2v) is 7.10. The molecule has 1 saturated carbocycles. The number of amides is 1. The van der Waals surface area contributed by atoms with Gasteiger partial charge in [0, 0.05) is 11.9 Å². The first-order chi connectivity index (χ1) is 13.0. The summed E-state index contributed by atoms with van der Waals surface area (Å²) in [6.45, 7) is 2.19. The van der Waals surface area contributed by atoms with Gasteiger partial charge in [0.15, 0.2) is 6.10 Å². The summed E-state index contributed by atoms with van der Waals surface area (Å²) in [5.74, 6) is -0.324. The van der Waals surface area contributed by atoms with E-state index in [1.807, 2.05) is 0 Å². The van der Waals surface area contributed by atoms with Crippen molar-refractivity contribution >= 4 is 22.6 Å². The Bertz CT molecular complexity index is 871. The monoisotopic (exact) mass is 371 g/mol. The van der Waals surface area contributed by atoms with Gasteiger partial charge < -0.3 is 10.1 Å². The molecule has 0 unspecified atom stereocenters. The topological polar surface area (TPSA) is 101 Å². The SMILES string of the molecule is C[C@H](OC(=O)Cc1n[nH]c(=O)c2ccccc12)C(=O)NCC1CCCCC1. The van der Waals surface area contributed by atoms with Gasteiger partial charge in [-0.3, -0.25) is 14.4 Å². The van der Waals surface area contributed by atoms with Crippen molar-refractivity contribution in [2.75, 3.05) is 6.54 Å². The number of fused-ring (bicyclic) bond motifs is 1. The van der Waals surface area contributed by atoms with Gasteiger partial charge >= 0.3 is 5.97 Å². The molecule has 1 amide bonds. The third kappa shape index (κ3) is 4.93. The molecule has 0 saturated heterocycles. The molecule has 1 aliphatic rings. The number of rotatable bonds is 6. The van der Waals surface area contributed by atoms with E-state index in [0.717, 1.165) is 12.8 Å². The smallest absolute Gasteiger partial charge is 0.312 e. The summed E-state index contributed by atoms with van der Waals surface area (Å²) >= 11 is 0. The van der Waals surface area contributed by atoms with Gasteiger partial charge in [-0.25, -0.2) is 5.10 Å². The van der Waals surface area contributed by atoms with Gasteiger partial charge in [0.2, 0.25) is 0 Å². The number of hydrogen-bond acceptors (Lipinski definition) is 5. The summed E-state index contributed by atoms with van der Waals surface area (Å²) in [6, 6.07) is 6.94. The van der Waals surface area contributed by atoms with Crippen LogP contribution in [-0.2, 0) is 20.7 Å². The molecule has 0 spiro atoms. The molecule has 1 fully saturated rings. The number of nitrogens with zero attached hydrogens (tertiary/aromatic N) is 1. The highest BCUT2D eigenvalue weighted by molar-refractivity contribution is 5.88. The van der Waals surface area contributed by atoms with Crippen molar-refractivity contribution in [1.82, 2.24) is 15.5 Å². The van der Waals surface area contributed by atoms with Crippen LogP contribution < -0.4 is 10.9 Å². The molecule has 1 aromatic heterocycles. The number of hydrogen-bond donors (Lipinski definition) is 2. The van der Waals surface area contributed by atoms with Crippen molar-refractivity contribution in [2.24, 2.45) is 5.92 Å². The Balaban J connectivity index is 1.55. The summed E-state index contributed by atoms with van der Waals surface area (Å²) in [6.07, 6.45) is 4.99. The van der Waals surface area contributed by atoms with Gasteiger partial charge in [-0.05, 0) is 31.7 Å². The average Bonchev–Trinajstić information content (AvgIpc) is 2.69. The summed E-state index contributed by atoms with van der Waals surface area (Å²) < 4.78 is 5.25. The van der Waals surface area contributed by atoms with Crippen LogP contribution in [0.5, 0.6) is 0 Å². The van der Waals surface area contributed by atoms with Crippen LogP contribution in [0.2, 0.25) is 0 Å². The molecule has 1 aliphatic carbocycles.